The SMILES string of the molecule is CC(C)(C)Cc1ccc2c(c1)C(N)CC1(CCC1)O2. The minimum atomic E-state index is 0.0674. The summed E-state index contributed by atoms with van der Waals surface area (Å²) in [6.45, 7) is 6.81. The molecule has 1 fully saturated rings. The van der Waals surface area contributed by atoms with Gasteiger partial charge in [0.25, 0.3) is 0 Å². The van der Waals surface area contributed by atoms with E-state index in [1.165, 1.54) is 30.4 Å². The van der Waals surface area contributed by atoms with E-state index in [9.17, 15) is 0 Å². The fourth-order valence-electron chi connectivity index (χ4n) is 3.37. The molecule has 2 aliphatic rings. The molecule has 2 heteroatoms. The summed E-state index contributed by atoms with van der Waals surface area (Å²) in [4.78, 5) is 0. The van der Waals surface area contributed by atoms with Gasteiger partial charge in [-0.3, -0.25) is 0 Å². The summed E-state index contributed by atoms with van der Waals surface area (Å²) in [7, 11) is 0. The zero-order valence-corrected chi connectivity index (χ0v) is 12.3. The lowest BCUT2D eigenvalue weighted by atomic mass is 9.73. The molecule has 3 rings (SSSR count). The van der Waals surface area contributed by atoms with E-state index < -0.39 is 0 Å². The van der Waals surface area contributed by atoms with Crippen LogP contribution in [0.2, 0.25) is 0 Å². The second kappa shape index (κ2) is 4.24. The topological polar surface area (TPSA) is 35.2 Å². The number of ether oxygens (including phenoxy) is 1. The van der Waals surface area contributed by atoms with Gasteiger partial charge in [0.1, 0.15) is 11.4 Å². The number of hydrogen-bond acceptors (Lipinski definition) is 2. The van der Waals surface area contributed by atoms with Crippen LogP contribution in [0.5, 0.6) is 5.75 Å². The first-order chi connectivity index (χ1) is 8.87. The molecule has 104 valence electrons. The van der Waals surface area contributed by atoms with Crippen molar-refractivity contribution in [2.45, 2.75) is 64.5 Å². The van der Waals surface area contributed by atoms with Crippen molar-refractivity contribution in [3.63, 3.8) is 0 Å². The van der Waals surface area contributed by atoms with Gasteiger partial charge in [-0.2, -0.15) is 0 Å². The number of rotatable bonds is 1. The van der Waals surface area contributed by atoms with Crippen LogP contribution in [0.25, 0.3) is 0 Å². The minimum absolute atomic E-state index is 0.0674. The van der Waals surface area contributed by atoms with Crippen LogP contribution in [0.1, 0.15) is 63.6 Å². The summed E-state index contributed by atoms with van der Waals surface area (Å²) in [5, 5.41) is 0. The Bertz CT molecular complexity index is 483. The third-order valence-electron chi connectivity index (χ3n) is 4.39. The molecule has 0 amide bonds. The summed E-state index contributed by atoms with van der Waals surface area (Å²) in [6, 6.07) is 6.74. The van der Waals surface area contributed by atoms with Crippen molar-refractivity contribution in [2.24, 2.45) is 11.1 Å². The van der Waals surface area contributed by atoms with E-state index in [4.69, 9.17) is 10.5 Å². The fraction of sp³-hybridized carbons (Fsp3) is 0.647. The molecule has 0 radical (unpaired) electrons. The number of benzene rings is 1. The third kappa shape index (κ3) is 2.51. The Balaban J connectivity index is 1.87. The van der Waals surface area contributed by atoms with Crippen molar-refractivity contribution in [3.8, 4) is 5.75 Å². The standard InChI is InChI=1S/C17H25NO/c1-16(2,3)10-12-5-6-15-13(9-12)14(18)11-17(19-15)7-4-8-17/h5-6,9,14H,4,7-8,10-11,18H2,1-3H3. The van der Waals surface area contributed by atoms with Crippen LogP contribution in [0.4, 0.5) is 0 Å². The third-order valence-corrected chi connectivity index (χ3v) is 4.39. The van der Waals surface area contributed by atoms with Gasteiger partial charge >= 0.3 is 0 Å². The summed E-state index contributed by atoms with van der Waals surface area (Å²) < 4.78 is 6.23. The monoisotopic (exact) mass is 259 g/mol. The van der Waals surface area contributed by atoms with Gasteiger partial charge in [0.05, 0.1) is 0 Å². The maximum absolute atomic E-state index is 6.38. The number of nitrogens with two attached hydrogens (primary N) is 1. The molecule has 1 heterocycles. The Kier molecular flexibility index (Phi) is 2.90. The summed E-state index contributed by atoms with van der Waals surface area (Å²) in [5.41, 5.74) is 9.34. The molecular formula is C17H25NO. The molecule has 1 aliphatic heterocycles. The van der Waals surface area contributed by atoms with E-state index in [2.05, 4.69) is 39.0 Å². The van der Waals surface area contributed by atoms with E-state index in [0.717, 1.165) is 18.6 Å². The van der Waals surface area contributed by atoms with Crippen molar-refractivity contribution in [3.05, 3.63) is 29.3 Å². The van der Waals surface area contributed by atoms with Gasteiger partial charge in [0, 0.05) is 18.0 Å². The van der Waals surface area contributed by atoms with Crippen LogP contribution in [0.15, 0.2) is 18.2 Å². The number of fused-ring (bicyclic) bond motifs is 1. The molecule has 1 aromatic rings. The average molecular weight is 259 g/mol. The summed E-state index contributed by atoms with van der Waals surface area (Å²) in [6.07, 6.45) is 5.69. The zero-order valence-electron chi connectivity index (χ0n) is 12.3. The predicted octanol–water partition coefficient (Wildman–Crippen LogP) is 3.98. The molecule has 2 N–H and O–H groups in total. The highest BCUT2D eigenvalue weighted by atomic mass is 16.5. The lowest BCUT2D eigenvalue weighted by molar-refractivity contribution is -0.0329. The van der Waals surface area contributed by atoms with Gasteiger partial charge < -0.3 is 10.5 Å². The van der Waals surface area contributed by atoms with E-state index in [1.54, 1.807) is 0 Å². The Morgan fingerprint density at radius 3 is 2.63 bits per heavy atom. The zero-order chi connectivity index (χ0) is 13.7. The van der Waals surface area contributed by atoms with Crippen LogP contribution >= 0.6 is 0 Å². The van der Waals surface area contributed by atoms with Gasteiger partial charge in [0.2, 0.25) is 0 Å². The summed E-state index contributed by atoms with van der Waals surface area (Å²) >= 11 is 0. The maximum atomic E-state index is 6.38. The van der Waals surface area contributed by atoms with Gasteiger partial charge in [0.15, 0.2) is 0 Å². The van der Waals surface area contributed by atoms with E-state index in [0.29, 0.717) is 5.41 Å². The highest BCUT2D eigenvalue weighted by molar-refractivity contribution is 5.42. The van der Waals surface area contributed by atoms with Crippen molar-refractivity contribution in [1.82, 2.24) is 0 Å². The minimum Gasteiger partial charge on any atom is -0.487 e. The van der Waals surface area contributed by atoms with Gasteiger partial charge in [-0.1, -0.05) is 32.9 Å². The summed E-state index contributed by atoms with van der Waals surface area (Å²) in [5.74, 6) is 1.02. The van der Waals surface area contributed by atoms with E-state index in [1.807, 2.05) is 0 Å². The lowest BCUT2D eigenvalue weighted by Gasteiger charge is -2.47. The quantitative estimate of drug-likeness (QED) is 0.828. The number of hydrogen-bond donors (Lipinski definition) is 1. The Morgan fingerprint density at radius 1 is 1.32 bits per heavy atom. The van der Waals surface area contributed by atoms with Crippen LogP contribution in [-0.2, 0) is 6.42 Å². The van der Waals surface area contributed by atoms with Crippen molar-refractivity contribution in [2.75, 3.05) is 0 Å². The van der Waals surface area contributed by atoms with Crippen LogP contribution in [-0.4, -0.2) is 5.60 Å². The van der Waals surface area contributed by atoms with Gasteiger partial charge in [-0.05, 0) is 42.7 Å². The Hall–Kier alpha value is -1.02. The molecule has 1 saturated carbocycles. The Labute approximate surface area is 116 Å². The molecule has 0 saturated heterocycles. The lowest BCUT2D eigenvalue weighted by Crippen LogP contribution is -2.48. The van der Waals surface area contributed by atoms with E-state index in [-0.39, 0.29) is 11.6 Å². The van der Waals surface area contributed by atoms with Crippen molar-refractivity contribution in [1.29, 1.82) is 0 Å². The first kappa shape index (κ1) is 13.0. The Morgan fingerprint density at radius 2 is 2.05 bits per heavy atom. The average Bonchev–Trinajstić information content (AvgIpc) is 2.25. The molecule has 2 nitrogen and oxygen atoms in total. The maximum Gasteiger partial charge on any atom is 0.124 e. The largest absolute Gasteiger partial charge is 0.487 e. The molecular weight excluding hydrogens is 234 g/mol. The predicted molar refractivity (Wildman–Crippen MR) is 78.4 cm³/mol. The molecule has 1 spiro atoms. The molecule has 0 aromatic heterocycles. The van der Waals surface area contributed by atoms with E-state index >= 15 is 0 Å². The molecule has 19 heavy (non-hydrogen) atoms. The van der Waals surface area contributed by atoms with Crippen molar-refractivity contribution >= 4 is 0 Å². The highest BCUT2D eigenvalue weighted by Gasteiger charge is 2.44. The van der Waals surface area contributed by atoms with Crippen molar-refractivity contribution < 1.29 is 4.74 Å². The molecule has 1 aliphatic carbocycles. The second-order valence-electron chi connectivity index (χ2n) is 7.56. The fourth-order valence-corrected chi connectivity index (χ4v) is 3.37. The second-order valence-corrected chi connectivity index (χ2v) is 7.56. The molecule has 0 bridgehead atoms. The van der Waals surface area contributed by atoms with Gasteiger partial charge in [-0.15, -0.1) is 0 Å². The first-order valence-corrected chi connectivity index (χ1v) is 7.44. The van der Waals surface area contributed by atoms with Crippen LogP contribution in [0, 0.1) is 5.41 Å². The van der Waals surface area contributed by atoms with Crippen LogP contribution < -0.4 is 10.5 Å². The molecule has 1 aromatic carbocycles. The van der Waals surface area contributed by atoms with Crippen LogP contribution in [0.3, 0.4) is 0 Å². The highest BCUT2D eigenvalue weighted by Crippen LogP contribution is 2.48. The van der Waals surface area contributed by atoms with Gasteiger partial charge in [-0.25, -0.2) is 0 Å². The normalized spacial score (nSPS) is 24.5. The smallest absolute Gasteiger partial charge is 0.124 e. The first-order valence-electron chi connectivity index (χ1n) is 7.44. The molecule has 1 unspecified atom stereocenters. The molecule has 1 atom stereocenters.